The highest BCUT2D eigenvalue weighted by molar-refractivity contribution is 9.10. The van der Waals surface area contributed by atoms with Crippen LogP contribution in [0.5, 0.6) is 0 Å². The Morgan fingerprint density at radius 3 is 2.64 bits per heavy atom. The van der Waals surface area contributed by atoms with Crippen LogP contribution in [0.3, 0.4) is 0 Å². The number of carbonyl (C=O) groups excluding carboxylic acids is 1. The van der Waals surface area contributed by atoms with Gasteiger partial charge in [0, 0.05) is 15.6 Å². The molecular formula is C19H17BrFNO2S. The molecule has 1 aromatic carbocycles. The van der Waals surface area contributed by atoms with Crippen molar-refractivity contribution >= 4 is 39.2 Å². The number of ether oxygens (including phenoxy) is 1. The summed E-state index contributed by atoms with van der Waals surface area (Å²) in [6, 6.07) is 11.1. The molecule has 0 fully saturated rings. The van der Waals surface area contributed by atoms with E-state index < -0.39 is 0 Å². The van der Waals surface area contributed by atoms with E-state index in [1.54, 1.807) is 24.8 Å². The second-order valence-corrected chi connectivity index (χ2v) is 7.53. The van der Waals surface area contributed by atoms with Crippen LogP contribution in [0, 0.1) is 12.7 Å². The molecule has 0 saturated carbocycles. The lowest BCUT2D eigenvalue weighted by molar-refractivity contribution is -0.142. The Morgan fingerprint density at radius 2 is 1.96 bits per heavy atom. The van der Waals surface area contributed by atoms with E-state index in [0.717, 1.165) is 31.0 Å². The highest BCUT2D eigenvalue weighted by atomic mass is 79.9. The van der Waals surface area contributed by atoms with E-state index in [1.165, 1.54) is 12.3 Å². The second kappa shape index (κ2) is 7.62. The van der Waals surface area contributed by atoms with Crippen LogP contribution < -0.4 is 0 Å². The van der Waals surface area contributed by atoms with Gasteiger partial charge in [-0.25, -0.2) is 4.39 Å². The topological polar surface area (TPSA) is 30.7 Å². The van der Waals surface area contributed by atoms with Gasteiger partial charge in [0.15, 0.2) is 0 Å². The lowest BCUT2D eigenvalue weighted by Gasteiger charge is -2.05. The first kappa shape index (κ1) is 18.0. The molecule has 0 unspecified atom stereocenters. The van der Waals surface area contributed by atoms with Gasteiger partial charge in [-0.15, -0.1) is 0 Å². The van der Waals surface area contributed by atoms with E-state index in [1.807, 2.05) is 35.6 Å². The summed E-state index contributed by atoms with van der Waals surface area (Å²) < 4.78 is 21.7. The molecule has 0 bridgehead atoms. The fourth-order valence-electron chi connectivity index (χ4n) is 2.71. The first-order chi connectivity index (χ1) is 12.0. The van der Waals surface area contributed by atoms with Crippen molar-refractivity contribution in [1.29, 1.82) is 0 Å². The molecule has 0 aliphatic rings. The van der Waals surface area contributed by atoms with Gasteiger partial charge in [0.1, 0.15) is 5.82 Å². The quantitative estimate of drug-likeness (QED) is 0.516. The number of pyridine rings is 1. The Hall–Kier alpha value is -1.79. The van der Waals surface area contributed by atoms with Crippen LogP contribution in [0.1, 0.15) is 18.1 Å². The van der Waals surface area contributed by atoms with Crippen molar-refractivity contribution in [1.82, 2.24) is 4.40 Å². The maximum atomic E-state index is 13.8. The lowest BCUT2D eigenvalue weighted by atomic mass is 10.1. The van der Waals surface area contributed by atoms with Crippen LogP contribution in [0.4, 0.5) is 4.39 Å². The van der Waals surface area contributed by atoms with E-state index in [0.29, 0.717) is 6.61 Å². The molecule has 3 rings (SSSR count). The Morgan fingerprint density at radius 1 is 1.24 bits per heavy atom. The van der Waals surface area contributed by atoms with E-state index in [-0.39, 0.29) is 18.2 Å². The zero-order valence-corrected chi connectivity index (χ0v) is 16.3. The number of halogens is 2. The van der Waals surface area contributed by atoms with E-state index in [2.05, 4.69) is 15.9 Å². The fourth-order valence-corrected chi connectivity index (χ4v) is 4.00. The number of benzene rings is 1. The van der Waals surface area contributed by atoms with Gasteiger partial charge < -0.3 is 9.14 Å². The van der Waals surface area contributed by atoms with Crippen LogP contribution in [0.15, 0.2) is 57.0 Å². The molecule has 0 amide bonds. The predicted molar refractivity (Wildman–Crippen MR) is 101 cm³/mol. The molecule has 2 aromatic heterocycles. The third kappa shape index (κ3) is 3.90. The molecule has 6 heteroatoms. The number of rotatable bonds is 5. The van der Waals surface area contributed by atoms with Gasteiger partial charge in [0.25, 0.3) is 0 Å². The molecule has 0 atom stereocenters. The number of hydrogen-bond acceptors (Lipinski definition) is 3. The van der Waals surface area contributed by atoms with Crippen molar-refractivity contribution in [3.05, 3.63) is 64.0 Å². The summed E-state index contributed by atoms with van der Waals surface area (Å²) in [5.41, 5.74) is 2.66. The van der Waals surface area contributed by atoms with Gasteiger partial charge in [-0.3, -0.25) is 4.79 Å². The van der Waals surface area contributed by atoms with Crippen molar-refractivity contribution < 1.29 is 13.9 Å². The molecule has 25 heavy (non-hydrogen) atoms. The van der Waals surface area contributed by atoms with E-state index in [9.17, 15) is 9.18 Å². The highest BCUT2D eigenvalue weighted by Crippen LogP contribution is 2.36. The van der Waals surface area contributed by atoms with Crippen LogP contribution in [0.2, 0.25) is 0 Å². The minimum absolute atomic E-state index is 0.176. The van der Waals surface area contributed by atoms with Gasteiger partial charge in [0.2, 0.25) is 0 Å². The van der Waals surface area contributed by atoms with Crippen molar-refractivity contribution in [2.45, 2.75) is 30.2 Å². The third-order valence-electron chi connectivity index (χ3n) is 3.87. The largest absolute Gasteiger partial charge is 0.466 e. The number of aromatic nitrogens is 1. The first-order valence-electron chi connectivity index (χ1n) is 7.87. The summed E-state index contributed by atoms with van der Waals surface area (Å²) in [6.07, 6.45) is 1.63. The van der Waals surface area contributed by atoms with E-state index in [4.69, 9.17) is 4.74 Å². The molecule has 0 spiro atoms. The Balaban J connectivity index is 2.07. The monoisotopic (exact) mass is 421 g/mol. The van der Waals surface area contributed by atoms with Gasteiger partial charge in [-0.1, -0.05) is 27.7 Å². The van der Waals surface area contributed by atoms with Crippen LogP contribution in [0.25, 0.3) is 5.52 Å². The van der Waals surface area contributed by atoms with Crippen molar-refractivity contribution in [3.63, 3.8) is 0 Å². The maximum Gasteiger partial charge on any atom is 0.310 e. The molecule has 0 radical (unpaired) electrons. The highest BCUT2D eigenvalue weighted by Gasteiger charge is 2.19. The molecule has 0 N–H and O–H groups in total. The standard InChI is InChI=1S/C19H17BrFNO2S/c1-3-24-18(23)10-16-12(2)19(22-11-14(21)6-9-17(16)22)25-15-7-4-13(20)5-8-15/h4-9,11H,3,10H2,1-2H3. The van der Waals surface area contributed by atoms with E-state index >= 15 is 0 Å². The zero-order chi connectivity index (χ0) is 18.0. The Kier molecular flexibility index (Phi) is 5.49. The Bertz CT molecular complexity index is 921. The third-order valence-corrected chi connectivity index (χ3v) is 5.60. The molecule has 2 heterocycles. The minimum atomic E-state index is -0.317. The molecule has 3 aromatic rings. The molecule has 3 nitrogen and oxygen atoms in total. The number of nitrogens with zero attached hydrogens (tertiary/aromatic N) is 1. The second-order valence-electron chi connectivity index (χ2n) is 5.55. The summed E-state index contributed by atoms with van der Waals surface area (Å²) >= 11 is 4.97. The van der Waals surface area contributed by atoms with Crippen LogP contribution in [-0.4, -0.2) is 17.0 Å². The number of esters is 1. The smallest absolute Gasteiger partial charge is 0.310 e. The average Bonchev–Trinajstić information content (AvgIpc) is 2.82. The van der Waals surface area contributed by atoms with Crippen LogP contribution in [-0.2, 0) is 16.0 Å². The summed E-state index contributed by atoms with van der Waals surface area (Å²) in [4.78, 5) is 13.0. The van der Waals surface area contributed by atoms with Crippen LogP contribution >= 0.6 is 27.7 Å². The van der Waals surface area contributed by atoms with Gasteiger partial charge in [-0.2, -0.15) is 0 Å². The maximum absolute atomic E-state index is 13.8. The van der Waals surface area contributed by atoms with Crippen molar-refractivity contribution in [2.24, 2.45) is 0 Å². The molecule has 0 aliphatic carbocycles. The lowest BCUT2D eigenvalue weighted by Crippen LogP contribution is -2.08. The molecular weight excluding hydrogens is 405 g/mol. The minimum Gasteiger partial charge on any atom is -0.466 e. The number of carbonyl (C=O) groups is 1. The first-order valence-corrected chi connectivity index (χ1v) is 9.48. The fraction of sp³-hybridized carbons (Fsp3) is 0.211. The summed E-state index contributed by atoms with van der Waals surface area (Å²) in [5, 5.41) is 0.899. The molecule has 130 valence electrons. The number of hydrogen-bond donors (Lipinski definition) is 0. The zero-order valence-electron chi connectivity index (χ0n) is 13.9. The molecule has 0 aliphatic heterocycles. The van der Waals surface area contributed by atoms with Gasteiger partial charge >= 0.3 is 5.97 Å². The predicted octanol–water partition coefficient (Wildman–Crippen LogP) is 5.41. The Labute approximate surface area is 158 Å². The number of fused-ring (bicyclic) bond motifs is 1. The summed E-state index contributed by atoms with van der Waals surface area (Å²) in [6.45, 7) is 4.09. The average molecular weight is 422 g/mol. The van der Waals surface area contributed by atoms with Gasteiger partial charge in [0.05, 0.1) is 23.6 Å². The molecule has 0 saturated heterocycles. The van der Waals surface area contributed by atoms with Crippen molar-refractivity contribution in [2.75, 3.05) is 6.61 Å². The van der Waals surface area contributed by atoms with Crippen molar-refractivity contribution in [3.8, 4) is 0 Å². The summed E-state index contributed by atoms with van der Waals surface area (Å²) in [5.74, 6) is -0.592. The SMILES string of the molecule is CCOC(=O)Cc1c(C)c(Sc2ccc(Br)cc2)n2cc(F)ccc12. The summed E-state index contributed by atoms with van der Waals surface area (Å²) in [7, 11) is 0. The normalized spacial score (nSPS) is 11.0. The van der Waals surface area contributed by atoms with Gasteiger partial charge in [-0.05, 0) is 61.4 Å².